The molecule has 0 fully saturated rings. The Kier molecular flexibility index (Phi) is 5.98. The fourth-order valence-corrected chi connectivity index (χ4v) is 3.37. The van der Waals surface area contributed by atoms with E-state index in [2.05, 4.69) is 35.8 Å². The largest absolute Gasteiger partial charge is 0.300 e. The molecule has 146 valence electrons. The Balaban J connectivity index is 1.46. The molecule has 0 aliphatic carbocycles. The summed E-state index contributed by atoms with van der Waals surface area (Å²) in [5.74, 6) is 0.595. The highest BCUT2D eigenvalue weighted by atomic mass is 32.1. The zero-order chi connectivity index (χ0) is 19.9. The number of H-pyrrole nitrogens is 1. The Morgan fingerprint density at radius 3 is 2.72 bits per heavy atom. The van der Waals surface area contributed by atoms with Crippen molar-refractivity contribution in [2.75, 3.05) is 5.32 Å². The van der Waals surface area contributed by atoms with Gasteiger partial charge in [0, 0.05) is 29.9 Å². The number of benzene rings is 1. The van der Waals surface area contributed by atoms with Crippen molar-refractivity contribution >= 4 is 23.2 Å². The second-order valence-electron chi connectivity index (χ2n) is 6.34. The fraction of sp³-hybridized carbons (Fsp3) is 0.150. The van der Waals surface area contributed by atoms with Crippen molar-refractivity contribution in [2.45, 2.75) is 19.0 Å². The van der Waals surface area contributed by atoms with Gasteiger partial charge in [-0.2, -0.15) is 4.98 Å². The summed E-state index contributed by atoms with van der Waals surface area (Å²) in [5.41, 5.74) is 4.58. The van der Waals surface area contributed by atoms with E-state index in [0.717, 1.165) is 16.8 Å². The molecule has 0 saturated carbocycles. The molecular formula is C20H19N7OS. The molecule has 0 aliphatic rings. The zero-order valence-corrected chi connectivity index (χ0v) is 16.3. The molecule has 0 bridgehead atoms. The lowest BCUT2D eigenvalue weighted by Crippen LogP contribution is -2.42. The van der Waals surface area contributed by atoms with Gasteiger partial charge in [0.05, 0.1) is 17.2 Å². The smallest absolute Gasteiger partial charge is 0.249 e. The lowest BCUT2D eigenvalue weighted by molar-refractivity contribution is -0.118. The maximum Gasteiger partial charge on any atom is 0.249 e. The first-order chi connectivity index (χ1) is 14.3. The van der Waals surface area contributed by atoms with Gasteiger partial charge >= 0.3 is 0 Å². The predicted octanol–water partition coefficient (Wildman–Crippen LogP) is 2.66. The number of aromatic nitrogens is 5. The van der Waals surface area contributed by atoms with Crippen LogP contribution in [-0.2, 0) is 17.8 Å². The van der Waals surface area contributed by atoms with Gasteiger partial charge in [-0.3, -0.25) is 25.5 Å². The molecule has 0 saturated heterocycles. The first kappa shape index (κ1) is 18.9. The summed E-state index contributed by atoms with van der Waals surface area (Å²) in [7, 11) is 0. The van der Waals surface area contributed by atoms with Crippen molar-refractivity contribution in [3.8, 4) is 11.4 Å². The van der Waals surface area contributed by atoms with E-state index in [1.807, 2.05) is 47.8 Å². The van der Waals surface area contributed by atoms with Crippen LogP contribution in [0.1, 0.15) is 11.3 Å². The van der Waals surface area contributed by atoms with E-state index in [1.165, 1.54) is 11.3 Å². The number of rotatable bonds is 8. The highest BCUT2D eigenvalue weighted by Gasteiger charge is 2.20. The normalized spacial score (nSPS) is 11.9. The zero-order valence-electron chi connectivity index (χ0n) is 15.4. The van der Waals surface area contributed by atoms with Crippen LogP contribution in [0.3, 0.4) is 0 Å². The third-order valence-electron chi connectivity index (χ3n) is 4.29. The third-order valence-corrected chi connectivity index (χ3v) is 4.92. The van der Waals surface area contributed by atoms with Crippen molar-refractivity contribution < 1.29 is 4.79 Å². The molecule has 0 radical (unpaired) electrons. The van der Waals surface area contributed by atoms with Gasteiger partial charge in [0.2, 0.25) is 11.9 Å². The minimum atomic E-state index is -0.457. The van der Waals surface area contributed by atoms with Gasteiger partial charge in [-0.1, -0.05) is 30.3 Å². The highest BCUT2D eigenvalue weighted by Crippen LogP contribution is 2.14. The van der Waals surface area contributed by atoms with E-state index in [1.54, 1.807) is 17.9 Å². The number of thiazole rings is 1. The Morgan fingerprint density at radius 1 is 1.14 bits per heavy atom. The van der Waals surface area contributed by atoms with E-state index < -0.39 is 6.04 Å². The number of carbonyl (C=O) groups is 1. The number of hydrogen-bond acceptors (Lipinski definition) is 7. The summed E-state index contributed by atoms with van der Waals surface area (Å²) < 4.78 is 0. The molecule has 0 unspecified atom stereocenters. The van der Waals surface area contributed by atoms with Gasteiger partial charge < -0.3 is 0 Å². The molecule has 4 rings (SSSR count). The summed E-state index contributed by atoms with van der Waals surface area (Å²) in [6, 6.07) is 13.1. The van der Waals surface area contributed by atoms with E-state index in [4.69, 9.17) is 0 Å². The van der Waals surface area contributed by atoms with Crippen LogP contribution in [0, 0.1) is 0 Å². The molecule has 29 heavy (non-hydrogen) atoms. The Morgan fingerprint density at radius 2 is 1.97 bits per heavy atom. The first-order valence-electron chi connectivity index (χ1n) is 9.06. The topological polar surface area (TPSA) is 108 Å². The summed E-state index contributed by atoms with van der Waals surface area (Å²) in [4.78, 5) is 25.5. The molecule has 3 N–H and O–H groups in total. The van der Waals surface area contributed by atoms with Gasteiger partial charge in [0.1, 0.15) is 0 Å². The second-order valence-corrected chi connectivity index (χ2v) is 7.05. The van der Waals surface area contributed by atoms with E-state index >= 15 is 0 Å². The quantitative estimate of drug-likeness (QED) is 0.416. The monoisotopic (exact) mass is 405 g/mol. The number of amides is 1. The van der Waals surface area contributed by atoms with Crippen LogP contribution in [0.5, 0.6) is 0 Å². The van der Waals surface area contributed by atoms with Gasteiger partial charge in [-0.25, -0.2) is 4.98 Å². The fourth-order valence-electron chi connectivity index (χ4n) is 2.81. The number of pyridine rings is 1. The van der Waals surface area contributed by atoms with Crippen LogP contribution in [0.25, 0.3) is 11.4 Å². The molecule has 1 atom stereocenters. The lowest BCUT2D eigenvalue weighted by atomic mass is 10.1. The van der Waals surface area contributed by atoms with Crippen molar-refractivity contribution in [3.05, 3.63) is 77.0 Å². The van der Waals surface area contributed by atoms with Crippen LogP contribution < -0.4 is 10.6 Å². The Labute approximate surface area is 171 Å². The molecular weight excluding hydrogens is 386 g/mol. The molecule has 4 aromatic rings. The van der Waals surface area contributed by atoms with Crippen molar-refractivity contribution in [1.82, 2.24) is 30.5 Å². The van der Waals surface area contributed by atoms with Gasteiger partial charge in [0.15, 0.2) is 5.82 Å². The van der Waals surface area contributed by atoms with E-state index in [0.29, 0.717) is 18.8 Å². The third kappa shape index (κ3) is 5.09. The predicted molar refractivity (Wildman–Crippen MR) is 111 cm³/mol. The van der Waals surface area contributed by atoms with E-state index in [9.17, 15) is 4.79 Å². The van der Waals surface area contributed by atoms with Crippen LogP contribution in [-0.4, -0.2) is 37.1 Å². The highest BCUT2D eigenvalue weighted by molar-refractivity contribution is 7.07. The summed E-state index contributed by atoms with van der Waals surface area (Å²) in [5, 5.41) is 15.0. The molecule has 0 spiro atoms. The number of aromatic amines is 1. The van der Waals surface area contributed by atoms with Crippen LogP contribution in [0.4, 0.5) is 5.95 Å². The summed E-state index contributed by atoms with van der Waals surface area (Å²) >= 11 is 1.53. The van der Waals surface area contributed by atoms with Crippen molar-refractivity contribution in [2.24, 2.45) is 0 Å². The van der Waals surface area contributed by atoms with Crippen LogP contribution in [0.15, 0.2) is 65.7 Å². The van der Waals surface area contributed by atoms with Gasteiger partial charge in [-0.05, 0) is 24.1 Å². The first-order valence-corrected chi connectivity index (χ1v) is 10.0. The van der Waals surface area contributed by atoms with Crippen molar-refractivity contribution in [3.63, 3.8) is 0 Å². The number of carbonyl (C=O) groups excluding carboxylic acids is 1. The average Bonchev–Trinajstić information content (AvgIpc) is 3.45. The number of nitrogens with zero attached hydrogens (tertiary/aromatic N) is 4. The summed E-state index contributed by atoms with van der Waals surface area (Å²) in [6.45, 7) is 0.505. The van der Waals surface area contributed by atoms with Gasteiger partial charge in [0.25, 0.3) is 0 Å². The molecule has 0 aliphatic heterocycles. The minimum Gasteiger partial charge on any atom is -0.300 e. The van der Waals surface area contributed by atoms with Crippen molar-refractivity contribution in [1.29, 1.82) is 0 Å². The average molecular weight is 405 g/mol. The molecule has 3 heterocycles. The minimum absolute atomic E-state index is 0.204. The maximum atomic E-state index is 12.9. The molecule has 8 nitrogen and oxygen atoms in total. The van der Waals surface area contributed by atoms with E-state index in [-0.39, 0.29) is 11.9 Å². The van der Waals surface area contributed by atoms with Crippen LogP contribution >= 0.6 is 11.3 Å². The molecule has 1 amide bonds. The SMILES string of the molecule is O=C(Nc1n[nH]c(-c2ccncc2)n1)[C@H](Cc1ccccc1)NCc1cscn1. The lowest BCUT2D eigenvalue weighted by Gasteiger charge is -2.17. The Bertz CT molecular complexity index is 1040. The number of anilines is 1. The molecule has 1 aromatic carbocycles. The summed E-state index contributed by atoms with van der Waals surface area (Å²) in [6.07, 6.45) is 3.89. The maximum absolute atomic E-state index is 12.9. The Hall–Kier alpha value is -3.43. The van der Waals surface area contributed by atoms with Crippen LogP contribution in [0.2, 0.25) is 0 Å². The standard InChI is InChI=1S/C20H19N7OS/c28-19(25-20-24-18(26-27-20)15-6-8-21-9-7-15)17(10-14-4-2-1-3-5-14)22-11-16-12-29-13-23-16/h1-9,12-13,17,22H,10-11H2,(H2,24,25,26,27,28)/t17-/m0/s1. The number of hydrogen-bond donors (Lipinski definition) is 3. The molecule has 3 aromatic heterocycles. The van der Waals surface area contributed by atoms with Gasteiger partial charge in [-0.15, -0.1) is 16.4 Å². The number of nitrogens with one attached hydrogen (secondary N) is 3. The molecule has 9 heteroatoms. The second kappa shape index (κ2) is 9.18.